The first-order valence-electron chi connectivity index (χ1n) is 5.10. The van der Waals surface area contributed by atoms with Crippen LogP contribution < -0.4 is 5.73 Å². The molecule has 0 spiro atoms. The lowest BCUT2D eigenvalue weighted by Gasteiger charge is -2.24. The molecule has 0 saturated heterocycles. The molecule has 0 aliphatic carbocycles. The van der Waals surface area contributed by atoms with Gasteiger partial charge in [-0.25, -0.2) is 0 Å². The Morgan fingerprint density at radius 3 is 3.20 bits per heavy atom. The Labute approximate surface area is 89.1 Å². The van der Waals surface area contributed by atoms with Crippen LogP contribution in [0.2, 0.25) is 0 Å². The largest absolute Gasteiger partial charge is 0.324 e. The summed E-state index contributed by atoms with van der Waals surface area (Å²) in [5.41, 5.74) is 8.22. The average molecular weight is 205 g/mol. The molecule has 0 unspecified atom stereocenters. The van der Waals surface area contributed by atoms with Crippen LogP contribution in [0.1, 0.15) is 21.6 Å². The lowest BCUT2D eigenvalue weighted by molar-refractivity contribution is 0.100. The molecular formula is C11H15N3O. The number of nitrogens with two attached hydrogens (primary N) is 1. The van der Waals surface area contributed by atoms with Crippen molar-refractivity contribution in [1.82, 2.24) is 9.88 Å². The minimum absolute atomic E-state index is 0.0430. The Kier molecular flexibility index (Phi) is 2.79. The van der Waals surface area contributed by atoms with Crippen LogP contribution in [0.5, 0.6) is 0 Å². The molecule has 0 atom stereocenters. The van der Waals surface area contributed by atoms with Crippen LogP contribution in [0.3, 0.4) is 0 Å². The van der Waals surface area contributed by atoms with E-state index in [4.69, 9.17) is 5.73 Å². The number of nitrogens with zero attached hydrogens (tertiary/aromatic N) is 2. The molecule has 0 aromatic carbocycles. The minimum Gasteiger partial charge on any atom is -0.324 e. The van der Waals surface area contributed by atoms with E-state index in [1.54, 1.807) is 6.20 Å². The van der Waals surface area contributed by atoms with Crippen LogP contribution in [0.4, 0.5) is 0 Å². The van der Waals surface area contributed by atoms with E-state index in [-0.39, 0.29) is 12.3 Å². The molecule has 0 radical (unpaired) electrons. The Bertz CT molecular complexity index is 389. The fourth-order valence-corrected chi connectivity index (χ4v) is 1.84. The quantitative estimate of drug-likeness (QED) is 0.701. The van der Waals surface area contributed by atoms with Crippen molar-refractivity contribution in [2.24, 2.45) is 5.73 Å². The molecule has 80 valence electrons. The third-order valence-electron chi connectivity index (χ3n) is 2.74. The molecule has 4 nitrogen and oxygen atoms in total. The van der Waals surface area contributed by atoms with Crippen LogP contribution in [-0.4, -0.2) is 35.8 Å². The number of carbonyl (C=O) groups excluding carboxylic acids is 1. The molecule has 2 heterocycles. The van der Waals surface area contributed by atoms with Crippen molar-refractivity contribution in [2.75, 3.05) is 20.1 Å². The average Bonchev–Trinajstić information content (AvgIpc) is 2.27. The van der Waals surface area contributed by atoms with E-state index in [0.717, 1.165) is 30.8 Å². The first-order chi connectivity index (χ1) is 7.20. The Morgan fingerprint density at radius 2 is 2.47 bits per heavy atom. The molecule has 15 heavy (non-hydrogen) atoms. The summed E-state index contributed by atoms with van der Waals surface area (Å²) in [7, 11) is 2.07. The monoisotopic (exact) mass is 205 g/mol. The fourth-order valence-electron chi connectivity index (χ4n) is 1.84. The first-order valence-corrected chi connectivity index (χ1v) is 5.10. The maximum atomic E-state index is 11.4. The van der Waals surface area contributed by atoms with E-state index in [1.165, 1.54) is 0 Å². The molecule has 0 bridgehead atoms. The number of ketones is 1. The molecule has 1 aromatic rings. The number of hydrogen-bond donors (Lipinski definition) is 1. The summed E-state index contributed by atoms with van der Waals surface area (Å²) in [6, 6.07) is 1.92. The third kappa shape index (κ3) is 2.06. The molecule has 0 amide bonds. The summed E-state index contributed by atoms with van der Waals surface area (Å²) in [6.45, 7) is 1.95. The summed E-state index contributed by atoms with van der Waals surface area (Å²) in [6.07, 6.45) is 2.60. The third-order valence-corrected chi connectivity index (χ3v) is 2.74. The van der Waals surface area contributed by atoms with Gasteiger partial charge in [0.25, 0.3) is 0 Å². The van der Waals surface area contributed by atoms with E-state index >= 15 is 0 Å². The predicted octanol–water partition coefficient (Wildman–Crippen LogP) is 0.211. The molecule has 4 heteroatoms. The van der Waals surface area contributed by atoms with E-state index < -0.39 is 0 Å². The fraction of sp³-hybridized carbons (Fsp3) is 0.455. The molecule has 0 saturated carbocycles. The van der Waals surface area contributed by atoms with Gasteiger partial charge in [-0.2, -0.15) is 0 Å². The molecule has 1 aromatic heterocycles. The number of carbonyl (C=O) groups is 1. The molecular weight excluding hydrogens is 190 g/mol. The lowest BCUT2D eigenvalue weighted by Crippen LogP contribution is -2.27. The van der Waals surface area contributed by atoms with Gasteiger partial charge in [-0.05, 0) is 18.7 Å². The number of rotatable bonds is 2. The maximum absolute atomic E-state index is 11.4. The molecule has 1 aliphatic rings. The van der Waals surface area contributed by atoms with Crippen molar-refractivity contribution in [3.05, 3.63) is 29.1 Å². The maximum Gasteiger partial charge on any atom is 0.177 e. The van der Waals surface area contributed by atoms with Crippen LogP contribution in [0.25, 0.3) is 0 Å². The van der Waals surface area contributed by atoms with Gasteiger partial charge in [-0.15, -0.1) is 0 Å². The van der Waals surface area contributed by atoms with Crippen LogP contribution in [-0.2, 0) is 13.0 Å². The summed E-state index contributed by atoms with van der Waals surface area (Å²) >= 11 is 0. The van der Waals surface area contributed by atoms with Crippen molar-refractivity contribution >= 4 is 5.78 Å². The Hall–Kier alpha value is -1.26. The second-order valence-electron chi connectivity index (χ2n) is 3.94. The van der Waals surface area contributed by atoms with Crippen LogP contribution in [0.15, 0.2) is 12.3 Å². The van der Waals surface area contributed by atoms with E-state index in [2.05, 4.69) is 16.9 Å². The van der Waals surface area contributed by atoms with Gasteiger partial charge >= 0.3 is 0 Å². The Morgan fingerprint density at radius 1 is 1.67 bits per heavy atom. The summed E-state index contributed by atoms with van der Waals surface area (Å²) in [4.78, 5) is 17.9. The van der Waals surface area contributed by atoms with Gasteiger partial charge in [0, 0.05) is 37.0 Å². The summed E-state index contributed by atoms with van der Waals surface area (Å²) in [5.74, 6) is -0.0430. The van der Waals surface area contributed by atoms with Crippen LogP contribution >= 0.6 is 0 Å². The molecule has 1 aliphatic heterocycles. The normalized spacial score (nSPS) is 16.1. The van der Waals surface area contributed by atoms with Gasteiger partial charge < -0.3 is 10.6 Å². The van der Waals surface area contributed by atoms with Crippen molar-refractivity contribution in [1.29, 1.82) is 0 Å². The highest BCUT2D eigenvalue weighted by atomic mass is 16.1. The standard InChI is InChI=1S/C11H15N3O/c1-14-3-2-10-9(7-14)4-8(6-13-10)11(15)5-12/h4,6H,2-3,5,7,12H2,1H3. The van der Waals surface area contributed by atoms with Gasteiger partial charge in [0.1, 0.15) is 0 Å². The van der Waals surface area contributed by atoms with Crippen molar-refractivity contribution < 1.29 is 4.79 Å². The minimum atomic E-state index is -0.0430. The summed E-state index contributed by atoms with van der Waals surface area (Å²) in [5, 5.41) is 0. The topological polar surface area (TPSA) is 59.2 Å². The number of Topliss-reactive ketones (excluding diaryl/α,β-unsaturated/α-hetero) is 1. The molecule has 0 fully saturated rings. The molecule has 2 rings (SSSR count). The second kappa shape index (κ2) is 4.08. The van der Waals surface area contributed by atoms with Gasteiger partial charge in [0.15, 0.2) is 5.78 Å². The number of pyridine rings is 1. The van der Waals surface area contributed by atoms with Gasteiger partial charge in [0.05, 0.1) is 6.54 Å². The van der Waals surface area contributed by atoms with Crippen LogP contribution in [0, 0.1) is 0 Å². The van der Waals surface area contributed by atoms with E-state index in [1.807, 2.05) is 6.07 Å². The van der Waals surface area contributed by atoms with E-state index in [9.17, 15) is 4.79 Å². The van der Waals surface area contributed by atoms with Gasteiger partial charge in [0.2, 0.25) is 0 Å². The lowest BCUT2D eigenvalue weighted by atomic mass is 10.0. The smallest absolute Gasteiger partial charge is 0.177 e. The highest BCUT2D eigenvalue weighted by Crippen LogP contribution is 2.16. The van der Waals surface area contributed by atoms with Crippen molar-refractivity contribution in [3.8, 4) is 0 Å². The predicted molar refractivity (Wildman–Crippen MR) is 57.7 cm³/mol. The van der Waals surface area contributed by atoms with Gasteiger partial charge in [-0.3, -0.25) is 9.78 Å². The zero-order valence-corrected chi connectivity index (χ0v) is 8.86. The number of likely N-dealkylation sites (N-methyl/N-ethyl adjacent to an activating group) is 1. The highest BCUT2D eigenvalue weighted by Gasteiger charge is 2.15. The SMILES string of the molecule is CN1CCc2ncc(C(=O)CN)cc2C1. The van der Waals surface area contributed by atoms with Gasteiger partial charge in [-0.1, -0.05) is 0 Å². The Balaban J connectivity index is 2.32. The first kappa shape index (κ1) is 10.3. The second-order valence-corrected chi connectivity index (χ2v) is 3.94. The zero-order valence-electron chi connectivity index (χ0n) is 8.86. The van der Waals surface area contributed by atoms with E-state index in [0.29, 0.717) is 5.56 Å². The number of aromatic nitrogens is 1. The highest BCUT2D eigenvalue weighted by molar-refractivity contribution is 5.97. The molecule has 2 N–H and O–H groups in total. The number of fused-ring (bicyclic) bond motifs is 1. The van der Waals surface area contributed by atoms with Crippen molar-refractivity contribution in [3.63, 3.8) is 0 Å². The van der Waals surface area contributed by atoms with Crippen molar-refractivity contribution in [2.45, 2.75) is 13.0 Å². The zero-order chi connectivity index (χ0) is 10.8. The number of hydrogen-bond acceptors (Lipinski definition) is 4. The summed E-state index contributed by atoms with van der Waals surface area (Å²) < 4.78 is 0.